The Labute approximate surface area is 116 Å². The molecule has 1 atom stereocenters. The van der Waals surface area contributed by atoms with Crippen molar-refractivity contribution in [3.63, 3.8) is 0 Å². The van der Waals surface area contributed by atoms with Gasteiger partial charge in [0.05, 0.1) is 5.69 Å². The molecule has 3 aromatic rings. The van der Waals surface area contributed by atoms with Crippen LogP contribution in [0.1, 0.15) is 24.2 Å². The van der Waals surface area contributed by atoms with E-state index in [-0.39, 0.29) is 11.7 Å². The molecule has 2 heterocycles. The predicted octanol–water partition coefficient (Wildman–Crippen LogP) is 2.04. The minimum Gasteiger partial charge on any atom is -0.343 e. The molecule has 1 aromatic carbocycles. The molecule has 0 saturated carbocycles. The molecule has 5 heteroatoms. The number of aromatic nitrogens is 3. The van der Waals surface area contributed by atoms with Crippen molar-refractivity contribution in [3.05, 3.63) is 58.3 Å². The van der Waals surface area contributed by atoms with Gasteiger partial charge >= 0.3 is 5.69 Å². The molecule has 0 aliphatic carbocycles. The molecule has 0 fully saturated rings. The third-order valence-corrected chi connectivity index (χ3v) is 3.34. The fraction of sp³-hybridized carbons (Fsp3) is 0.200. The Bertz CT molecular complexity index is 812. The standard InChI is InChI=1S/C15H16N4O/c1-9-7-12-8-19(15(20)18-14(12)17-9)13-5-3-11(4-6-13)10(2)16/h3-8,10H,16H2,1-2H3,(H,17,18,20)/t10-/m1/s1. The lowest BCUT2D eigenvalue weighted by atomic mass is 10.1. The van der Waals surface area contributed by atoms with Crippen LogP contribution in [0.25, 0.3) is 16.7 Å². The maximum absolute atomic E-state index is 12.1. The number of hydrogen-bond donors (Lipinski definition) is 2. The first-order valence-corrected chi connectivity index (χ1v) is 6.49. The molecular formula is C15H16N4O. The van der Waals surface area contributed by atoms with Gasteiger partial charge in [-0.15, -0.1) is 0 Å². The Kier molecular flexibility index (Phi) is 2.91. The number of hydrogen-bond acceptors (Lipinski definition) is 3. The molecule has 3 rings (SSSR count). The molecule has 2 aromatic heterocycles. The summed E-state index contributed by atoms with van der Waals surface area (Å²) in [5.41, 5.74) is 8.95. The van der Waals surface area contributed by atoms with E-state index in [4.69, 9.17) is 5.73 Å². The second kappa shape index (κ2) is 4.61. The molecule has 0 aliphatic rings. The van der Waals surface area contributed by atoms with E-state index in [9.17, 15) is 4.79 Å². The SMILES string of the molecule is Cc1cc2cn(-c3ccc([C@@H](C)N)cc3)c(=O)nc2[nH]1. The summed E-state index contributed by atoms with van der Waals surface area (Å²) < 4.78 is 1.54. The van der Waals surface area contributed by atoms with Crippen molar-refractivity contribution in [3.8, 4) is 5.69 Å². The van der Waals surface area contributed by atoms with Crippen molar-refractivity contribution in [1.29, 1.82) is 0 Å². The van der Waals surface area contributed by atoms with E-state index >= 15 is 0 Å². The molecule has 0 bridgehead atoms. The number of fused-ring (bicyclic) bond motifs is 1. The van der Waals surface area contributed by atoms with E-state index in [1.54, 1.807) is 10.8 Å². The second-order valence-corrected chi connectivity index (χ2v) is 5.03. The number of nitrogens with one attached hydrogen (secondary N) is 1. The molecule has 20 heavy (non-hydrogen) atoms. The lowest BCUT2D eigenvalue weighted by molar-refractivity contribution is 0.816. The highest BCUT2D eigenvalue weighted by atomic mass is 16.1. The largest absolute Gasteiger partial charge is 0.354 e. The number of nitrogens with zero attached hydrogens (tertiary/aromatic N) is 2. The molecule has 0 amide bonds. The monoisotopic (exact) mass is 268 g/mol. The van der Waals surface area contributed by atoms with Crippen molar-refractivity contribution in [2.75, 3.05) is 0 Å². The van der Waals surface area contributed by atoms with Crippen molar-refractivity contribution in [2.24, 2.45) is 5.73 Å². The van der Waals surface area contributed by atoms with Gasteiger partial charge in [0.25, 0.3) is 0 Å². The predicted molar refractivity (Wildman–Crippen MR) is 79.0 cm³/mol. The Morgan fingerprint density at radius 3 is 2.65 bits per heavy atom. The quantitative estimate of drug-likeness (QED) is 0.746. The highest BCUT2D eigenvalue weighted by Crippen LogP contribution is 2.15. The van der Waals surface area contributed by atoms with Crippen molar-refractivity contribution in [2.45, 2.75) is 19.9 Å². The van der Waals surface area contributed by atoms with Crippen LogP contribution in [0.4, 0.5) is 0 Å². The molecule has 0 saturated heterocycles. The first kappa shape index (κ1) is 12.6. The number of rotatable bonds is 2. The Balaban J connectivity index is 2.13. The minimum absolute atomic E-state index is 0.0197. The summed E-state index contributed by atoms with van der Waals surface area (Å²) in [6, 6.07) is 9.57. The summed E-state index contributed by atoms with van der Waals surface area (Å²) in [6.45, 7) is 3.87. The van der Waals surface area contributed by atoms with E-state index < -0.39 is 0 Å². The molecule has 3 N–H and O–H groups in total. The Morgan fingerprint density at radius 1 is 1.30 bits per heavy atom. The molecule has 102 valence electrons. The van der Waals surface area contributed by atoms with Crippen LogP contribution in [-0.4, -0.2) is 14.5 Å². The van der Waals surface area contributed by atoms with Gasteiger partial charge in [-0.2, -0.15) is 4.98 Å². The van der Waals surface area contributed by atoms with Gasteiger partial charge in [-0.25, -0.2) is 4.79 Å². The van der Waals surface area contributed by atoms with Crippen LogP contribution in [0.15, 0.2) is 41.3 Å². The fourth-order valence-electron chi connectivity index (χ4n) is 2.25. The zero-order chi connectivity index (χ0) is 14.3. The normalized spacial score (nSPS) is 12.8. The first-order chi connectivity index (χ1) is 9.54. The van der Waals surface area contributed by atoms with Crippen LogP contribution < -0.4 is 11.4 Å². The average molecular weight is 268 g/mol. The fourth-order valence-corrected chi connectivity index (χ4v) is 2.25. The van der Waals surface area contributed by atoms with E-state index in [1.165, 1.54) is 0 Å². The molecule has 0 spiro atoms. The van der Waals surface area contributed by atoms with Gasteiger partial charge in [0.15, 0.2) is 0 Å². The van der Waals surface area contributed by atoms with Gasteiger partial charge in [-0.1, -0.05) is 12.1 Å². The van der Waals surface area contributed by atoms with Gasteiger partial charge in [-0.05, 0) is 37.6 Å². The number of benzene rings is 1. The highest BCUT2D eigenvalue weighted by Gasteiger charge is 2.06. The maximum atomic E-state index is 12.1. The molecule has 0 radical (unpaired) electrons. The summed E-state index contributed by atoms with van der Waals surface area (Å²) >= 11 is 0. The summed E-state index contributed by atoms with van der Waals surface area (Å²) in [6.07, 6.45) is 1.80. The summed E-state index contributed by atoms with van der Waals surface area (Å²) in [4.78, 5) is 19.2. The number of H-pyrrole nitrogens is 1. The van der Waals surface area contributed by atoms with Gasteiger partial charge in [0.1, 0.15) is 5.65 Å². The minimum atomic E-state index is -0.298. The van der Waals surface area contributed by atoms with Crippen molar-refractivity contribution in [1.82, 2.24) is 14.5 Å². The molecule has 0 unspecified atom stereocenters. The Morgan fingerprint density at radius 2 is 2.00 bits per heavy atom. The zero-order valence-corrected chi connectivity index (χ0v) is 11.4. The van der Waals surface area contributed by atoms with E-state index in [2.05, 4.69) is 9.97 Å². The van der Waals surface area contributed by atoms with Gasteiger partial charge in [0.2, 0.25) is 0 Å². The van der Waals surface area contributed by atoms with Crippen LogP contribution in [-0.2, 0) is 0 Å². The van der Waals surface area contributed by atoms with Gasteiger partial charge in [0, 0.05) is 23.3 Å². The van der Waals surface area contributed by atoms with E-state index in [0.717, 1.165) is 22.3 Å². The third kappa shape index (κ3) is 2.12. The molecule has 5 nitrogen and oxygen atoms in total. The lowest BCUT2D eigenvalue weighted by Gasteiger charge is -2.08. The molecule has 0 aliphatic heterocycles. The maximum Gasteiger partial charge on any atom is 0.354 e. The second-order valence-electron chi connectivity index (χ2n) is 5.03. The van der Waals surface area contributed by atoms with E-state index in [0.29, 0.717) is 5.65 Å². The summed E-state index contributed by atoms with van der Waals surface area (Å²) in [5, 5.41) is 0.915. The van der Waals surface area contributed by atoms with Crippen molar-refractivity contribution >= 4 is 11.0 Å². The third-order valence-electron chi connectivity index (χ3n) is 3.34. The van der Waals surface area contributed by atoms with Crippen LogP contribution >= 0.6 is 0 Å². The zero-order valence-electron chi connectivity index (χ0n) is 11.4. The number of aromatic amines is 1. The average Bonchev–Trinajstić information content (AvgIpc) is 2.77. The van der Waals surface area contributed by atoms with E-state index in [1.807, 2.05) is 44.2 Å². The molecular weight excluding hydrogens is 252 g/mol. The summed E-state index contributed by atoms with van der Waals surface area (Å²) in [7, 11) is 0. The highest BCUT2D eigenvalue weighted by molar-refractivity contribution is 5.75. The number of nitrogens with two attached hydrogens (primary N) is 1. The van der Waals surface area contributed by atoms with Gasteiger partial charge in [-0.3, -0.25) is 4.57 Å². The van der Waals surface area contributed by atoms with Gasteiger partial charge < -0.3 is 10.7 Å². The van der Waals surface area contributed by atoms with Crippen LogP contribution in [0.2, 0.25) is 0 Å². The van der Waals surface area contributed by atoms with Crippen LogP contribution in [0.5, 0.6) is 0 Å². The lowest BCUT2D eigenvalue weighted by Crippen LogP contribution is -2.20. The topological polar surface area (TPSA) is 76.7 Å². The smallest absolute Gasteiger partial charge is 0.343 e. The van der Waals surface area contributed by atoms with Crippen LogP contribution in [0, 0.1) is 6.92 Å². The number of aryl methyl sites for hydroxylation is 1. The summed E-state index contributed by atoms with van der Waals surface area (Å²) in [5.74, 6) is 0. The Hall–Kier alpha value is -2.40. The van der Waals surface area contributed by atoms with Crippen LogP contribution in [0.3, 0.4) is 0 Å². The first-order valence-electron chi connectivity index (χ1n) is 6.49. The van der Waals surface area contributed by atoms with Crippen molar-refractivity contribution < 1.29 is 0 Å².